The normalized spacial score (nSPS) is 25.4. The van der Waals surface area contributed by atoms with E-state index in [-0.39, 0.29) is 5.92 Å². The Balaban J connectivity index is 2.48. The third-order valence-electron chi connectivity index (χ3n) is 2.58. The molecule has 0 spiro atoms. The predicted octanol–water partition coefficient (Wildman–Crippen LogP) is 1.90. The number of hydrazone groups is 1. The van der Waals surface area contributed by atoms with Crippen LogP contribution in [0.5, 0.6) is 0 Å². The van der Waals surface area contributed by atoms with E-state index in [1.807, 2.05) is 23.9 Å². The van der Waals surface area contributed by atoms with Crippen LogP contribution in [-0.2, 0) is 4.74 Å². The maximum atomic E-state index is 5.36. The Hall–Kier alpha value is -0.900. The average molecular weight is 256 g/mol. The molecule has 1 aliphatic heterocycles. The lowest BCUT2D eigenvalue weighted by molar-refractivity contribution is -0.500. The van der Waals surface area contributed by atoms with Crippen molar-refractivity contribution in [3.63, 3.8) is 0 Å². The summed E-state index contributed by atoms with van der Waals surface area (Å²) in [6.45, 7) is 2.07. The number of rotatable bonds is 1. The van der Waals surface area contributed by atoms with Gasteiger partial charge in [0.05, 0.1) is 7.11 Å². The highest BCUT2D eigenvalue weighted by atomic mass is 79.9. The van der Waals surface area contributed by atoms with E-state index in [0.717, 1.165) is 16.0 Å². The first-order valence-corrected chi connectivity index (χ1v) is 5.21. The van der Waals surface area contributed by atoms with Crippen LogP contribution >= 0.6 is 15.9 Å². The third kappa shape index (κ3) is 1.34. The fourth-order valence-corrected chi connectivity index (χ4v) is 2.21. The first kappa shape index (κ1) is 9.65. The summed E-state index contributed by atoms with van der Waals surface area (Å²) in [7, 11) is 3.65. The van der Waals surface area contributed by atoms with Crippen molar-refractivity contribution in [3.05, 3.63) is 22.4 Å². The van der Waals surface area contributed by atoms with Crippen molar-refractivity contribution in [1.29, 1.82) is 0 Å². The fraction of sp³-hybridized carbons (Fsp3) is 0.400. The number of allylic oxidation sites excluding steroid dienone is 4. The summed E-state index contributed by atoms with van der Waals surface area (Å²) in [5.74, 6) is 1.14. The van der Waals surface area contributed by atoms with Crippen LogP contribution < -0.4 is 0 Å². The molecule has 0 aromatic carbocycles. The van der Waals surface area contributed by atoms with Crippen molar-refractivity contribution in [1.82, 2.24) is 0 Å². The highest BCUT2D eigenvalue weighted by Gasteiger charge is 2.37. The van der Waals surface area contributed by atoms with Crippen LogP contribution in [0.15, 0.2) is 27.5 Å². The monoisotopic (exact) mass is 255 g/mol. The topological polar surface area (TPSA) is 24.6 Å². The lowest BCUT2D eigenvalue weighted by Gasteiger charge is -2.15. The summed E-state index contributed by atoms with van der Waals surface area (Å²) in [5, 5.41) is 4.43. The maximum Gasteiger partial charge on any atom is 0.198 e. The first-order chi connectivity index (χ1) is 6.63. The second-order valence-electron chi connectivity index (χ2n) is 3.40. The summed E-state index contributed by atoms with van der Waals surface area (Å²) in [6.07, 6.45) is 4.02. The molecule has 2 rings (SSSR count). The molecule has 0 aromatic heterocycles. The van der Waals surface area contributed by atoms with Gasteiger partial charge in [-0.1, -0.05) is 20.6 Å². The minimum atomic E-state index is 0.200. The van der Waals surface area contributed by atoms with Crippen molar-refractivity contribution in [3.8, 4) is 0 Å². The quantitative estimate of drug-likeness (QED) is 0.657. The van der Waals surface area contributed by atoms with Gasteiger partial charge in [-0.2, -0.15) is 0 Å². The van der Waals surface area contributed by atoms with Crippen molar-refractivity contribution in [2.24, 2.45) is 11.0 Å². The molecule has 0 saturated carbocycles. The minimum Gasteiger partial charge on any atom is -0.500 e. The Labute approximate surface area is 91.6 Å². The zero-order valence-electron chi connectivity index (χ0n) is 8.41. The lowest BCUT2D eigenvalue weighted by atomic mass is 9.93. The molecule has 0 N–H and O–H groups in total. The lowest BCUT2D eigenvalue weighted by Crippen LogP contribution is -2.24. The molecule has 1 unspecified atom stereocenters. The third-order valence-corrected chi connectivity index (χ3v) is 3.03. The summed E-state index contributed by atoms with van der Waals surface area (Å²) in [4.78, 5) is 0. The molecule has 14 heavy (non-hydrogen) atoms. The SMILES string of the molecule is COC1=CC(Br)=CC2=N[N+](C)=C(C)C12. The predicted molar refractivity (Wildman–Crippen MR) is 59.9 cm³/mol. The summed E-state index contributed by atoms with van der Waals surface area (Å²) >= 11 is 3.44. The van der Waals surface area contributed by atoms with Gasteiger partial charge in [0.25, 0.3) is 0 Å². The summed E-state index contributed by atoms with van der Waals surface area (Å²) in [6, 6.07) is 0. The molecular formula is C10H12BrN2O+. The van der Waals surface area contributed by atoms with Gasteiger partial charge in [-0.3, -0.25) is 0 Å². The van der Waals surface area contributed by atoms with Gasteiger partial charge in [0.15, 0.2) is 12.8 Å². The standard InChI is InChI=1S/C10H12BrN2O/c1-6-10-8(12-13(6)2)4-7(11)5-9(10)14-3/h4-5,10H,1-3H3/q+1. The molecule has 0 saturated heterocycles. The first-order valence-electron chi connectivity index (χ1n) is 4.42. The highest BCUT2D eigenvalue weighted by molar-refractivity contribution is 9.11. The van der Waals surface area contributed by atoms with Crippen LogP contribution in [0, 0.1) is 5.92 Å². The van der Waals surface area contributed by atoms with Crippen LogP contribution in [0.4, 0.5) is 0 Å². The van der Waals surface area contributed by atoms with Crippen molar-refractivity contribution in [2.75, 3.05) is 14.2 Å². The molecule has 0 radical (unpaired) electrons. The van der Waals surface area contributed by atoms with Crippen molar-refractivity contribution >= 4 is 27.4 Å². The average Bonchev–Trinajstić information content (AvgIpc) is 2.41. The largest absolute Gasteiger partial charge is 0.500 e. The van der Waals surface area contributed by atoms with E-state index >= 15 is 0 Å². The Morgan fingerprint density at radius 1 is 1.50 bits per heavy atom. The molecule has 4 heteroatoms. The number of hydrogen-bond acceptors (Lipinski definition) is 2. The van der Waals surface area contributed by atoms with Gasteiger partial charge in [-0.25, -0.2) is 0 Å². The second kappa shape index (κ2) is 3.35. The van der Waals surface area contributed by atoms with Crippen LogP contribution in [0.2, 0.25) is 0 Å². The molecule has 0 aromatic rings. The maximum absolute atomic E-state index is 5.36. The summed E-state index contributed by atoms with van der Waals surface area (Å²) < 4.78 is 8.26. The fourth-order valence-electron chi connectivity index (χ4n) is 1.75. The number of halogens is 1. The van der Waals surface area contributed by atoms with E-state index in [9.17, 15) is 0 Å². The molecule has 74 valence electrons. The van der Waals surface area contributed by atoms with Crippen LogP contribution in [0.3, 0.4) is 0 Å². The zero-order chi connectivity index (χ0) is 10.3. The Morgan fingerprint density at radius 3 is 2.86 bits per heavy atom. The number of nitrogens with zero attached hydrogens (tertiary/aromatic N) is 2. The van der Waals surface area contributed by atoms with Crippen LogP contribution in [-0.4, -0.2) is 30.3 Å². The molecule has 2 aliphatic rings. The smallest absolute Gasteiger partial charge is 0.198 e. The second-order valence-corrected chi connectivity index (χ2v) is 4.32. The Kier molecular flexibility index (Phi) is 2.31. The van der Waals surface area contributed by atoms with Crippen LogP contribution in [0.25, 0.3) is 0 Å². The molecule has 1 atom stereocenters. The Morgan fingerprint density at radius 2 is 2.21 bits per heavy atom. The van der Waals surface area contributed by atoms with E-state index < -0.39 is 0 Å². The van der Waals surface area contributed by atoms with Gasteiger partial charge in [0.1, 0.15) is 17.4 Å². The van der Waals surface area contributed by atoms with Crippen LogP contribution in [0.1, 0.15) is 6.92 Å². The van der Waals surface area contributed by atoms with E-state index in [1.165, 1.54) is 5.71 Å². The molecule has 1 aliphatic carbocycles. The molecule has 1 heterocycles. The van der Waals surface area contributed by atoms with Gasteiger partial charge < -0.3 is 4.74 Å². The van der Waals surface area contributed by atoms with E-state index in [4.69, 9.17) is 4.74 Å². The summed E-state index contributed by atoms with van der Waals surface area (Å²) in [5.41, 5.74) is 2.24. The number of hydrogen-bond donors (Lipinski definition) is 0. The highest BCUT2D eigenvalue weighted by Crippen LogP contribution is 2.29. The zero-order valence-corrected chi connectivity index (χ0v) is 10.00. The molecule has 0 amide bonds. The van der Waals surface area contributed by atoms with Gasteiger partial charge in [-0.05, 0) is 17.3 Å². The Bertz CT molecular complexity index is 404. The number of ether oxygens (including phenoxy) is 1. The van der Waals surface area contributed by atoms with Gasteiger partial charge in [0, 0.05) is 11.4 Å². The molecule has 0 fully saturated rings. The van der Waals surface area contributed by atoms with Crippen molar-refractivity contribution in [2.45, 2.75) is 6.92 Å². The van der Waals surface area contributed by atoms with Gasteiger partial charge >= 0.3 is 0 Å². The number of fused-ring (bicyclic) bond motifs is 1. The van der Waals surface area contributed by atoms with Crippen molar-refractivity contribution < 1.29 is 9.42 Å². The van der Waals surface area contributed by atoms with Gasteiger partial charge in [-0.15, -0.1) is 0 Å². The van der Waals surface area contributed by atoms with E-state index in [2.05, 4.69) is 28.0 Å². The van der Waals surface area contributed by atoms with E-state index in [0.29, 0.717) is 0 Å². The molecule has 3 nitrogen and oxygen atoms in total. The van der Waals surface area contributed by atoms with Gasteiger partial charge in [0.2, 0.25) is 0 Å². The van der Waals surface area contributed by atoms with E-state index in [1.54, 1.807) is 7.11 Å². The molecular weight excluding hydrogens is 244 g/mol. The minimum absolute atomic E-state index is 0.200. The molecule has 0 bridgehead atoms. The number of methoxy groups -OCH3 is 1.